The molecule has 60 heavy (non-hydrogen) atoms. The minimum Gasteiger partial charge on any atom is -0.774 e. The van der Waals surface area contributed by atoms with Crippen molar-refractivity contribution in [1.82, 2.24) is 0 Å². The molecule has 299 valence electrons. The molecule has 7 heteroatoms. The van der Waals surface area contributed by atoms with Gasteiger partial charge >= 0.3 is 17.1 Å². The van der Waals surface area contributed by atoms with Gasteiger partial charge in [-0.25, -0.2) is 0 Å². The van der Waals surface area contributed by atoms with Crippen molar-refractivity contribution in [3.05, 3.63) is 243 Å². The van der Waals surface area contributed by atoms with E-state index in [1.807, 2.05) is 0 Å². The summed E-state index contributed by atoms with van der Waals surface area (Å²) in [5.41, 5.74) is 0. The summed E-state index contributed by atoms with van der Waals surface area (Å²) in [6.07, 6.45) is 4.67. The van der Waals surface area contributed by atoms with Crippen molar-refractivity contribution in [2.75, 3.05) is 24.6 Å². The van der Waals surface area contributed by atoms with Crippen LogP contribution >= 0.6 is 31.0 Å². The van der Waals surface area contributed by atoms with Gasteiger partial charge in [-0.2, -0.15) is 4.32 Å². The average molecular weight is 933 g/mol. The van der Waals surface area contributed by atoms with Crippen LogP contribution in [-0.4, -0.2) is 29.0 Å². The van der Waals surface area contributed by atoms with E-state index in [2.05, 4.69) is 243 Å². The summed E-state index contributed by atoms with van der Waals surface area (Å²) < 4.78 is -0.230. The minimum absolute atomic E-state index is 0. The molecule has 8 aromatic rings. The van der Waals surface area contributed by atoms with Crippen LogP contribution in [0.3, 0.4) is 0 Å². The smallest absolute Gasteiger partial charge is 0.774 e. The second kappa shape index (κ2) is 24.4. The van der Waals surface area contributed by atoms with Crippen LogP contribution < -0.4 is 42.4 Å². The van der Waals surface area contributed by atoms with Crippen LogP contribution in [0.2, 0.25) is 0 Å². The Morgan fingerprint density at radius 3 is 0.717 bits per heavy atom. The van der Waals surface area contributed by atoms with E-state index >= 15 is 0 Å². The molecule has 0 amide bonds. The van der Waals surface area contributed by atoms with E-state index in [1.165, 1.54) is 54.8 Å². The summed E-state index contributed by atoms with van der Waals surface area (Å²) >= 11 is 11.9. The number of hydrogen-bond acceptors (Lipinski definition) is 2. The topological polar surface area (TPSA) is 0 Å². The average Bonchev–Trinajstić information content (AvgIpc) is 3.32. The van der Waals surface area contributed by atoms with Gasteiger partial charge in [-0.15, -0.1) is 0 Å². The Balaban J connectivity index is 0.000000199. The fourth-order valence-electron chi connectivity index (χ4n) is 7.88. The van der Waals surface area contributed by atoms with Crippen molar-refractivity contribution in [1.29, 1.82) is 0 Å². The molecule has 0 aliphatic carbocycles. The molecule has 0 heterocycles. The molecule has 1 radical (unpaired) electrons. The van der Waals surface area contributed by atoms with Gasteiger partial charge in [0, 0.05) is 7.26 Å². The predicted octanol–water partition coefficient (Wildman–Crippen LogP) is 9.61. The van der Waals surface area contributed by atoms with Gasteiger partial charge in [0.1, 0.15) is 18.5 Å². The molecule has 8 aromatic carbocycles. The van der Waals surface area contributed by atoms with Gasteiger partial charge < -0.3 is 25.3 Å². The Kier molecular flexibility index (Phi) is 18.8. The molecule has 0 atom stereocenters. The van der Waals surface area contributed by atoms with Gasteiger partial charge in [-0.05, 0) is 97.1 Å². The molecular weight excluding hydrogens is 880 g/mol. The predicted molar refractivity (Wildman–Crippen MR) is 278 cm³/mol. The molecule has 0 N–H and O–H groups in total. The SMILES string of the molecule is [Fe+3].[S-]C([S-])[P+](CC[PH+](c1ccccc1)c1ccccc1)(c1ccccc1)c1ccccc1.c1ccc([PH+](CC[PH+](c2ccccc2)c2ccccc2)c2ccccc2)cc1. The molecule has 0 unspecified atom stereocenters. The van der Waals surface area contributed by atoms with Crippen molar-refractivity contribution in [2.24, 2.45) is 0 Å². The van der Waals surface area contributed by atoms with Crippen LogP contribution in [0.5, 0.6) is 0 Å². The molecule has 0 saturated heterocycles. The summed E-state index contributed by atoms with van der Waals surface area (Å²) in [6, 6.07) is 88.1. The van der Waals surface area contributed by atoms with E-state index in [0.717, 1.165) is 12.3 Å². The maximum absolute atomic E-state index is 5.94. The summed E-state index contributed by atoms with van der Waals surface area (Å²) in [6.45, 7) is 0. The Morgan fingerprint density at radius 1 is 0.300 bits per heavy atom. The van der Waals surface area contributed by atoms with Crippen molar-refractivity contribution in [3.8, 4) is 0 Å². The fraction of sp³-hybridized carbons (Fsp3) is 0.0943. The van der Waals surface area contributed by atoms with Gasteiger partial charge in [0.15, 0.2) is 0 Å². The van der Waals surface area contributed by atoms with Crippen molar-refractivity contribution in [3.63, 3.8) is 0 Å². The Hall–Kier alpha value is -3.30. The zero-order valence-electron chi connectivity index (χ0n) is 33.6. The van der Waals surface area contributed by atoms with Crippen LogP contribution in [0, 0.1) is 0 Å². The number of rotatable bonds is 15. The van der Waals surface area contributed by atoms with E-state index < -0.39 is 31.0 Å². The first-order valence-corrected chi connectivity index (χ1v) is 28.4. The number of benzene rings is 8. The van der Waals surface area contributed by atoms with Gasteiger partial charge in [-0.3, -0.25) is 0 Å². The van der Waals surface area contributed by atoms with Crippen LogP contribution in [0.1, 0.15) is 0 Å². The Labute approximate surface area is 384 Å². The first-order chi connectivity index (χ1) is 29.1. The van der Waals surface area contributed by atoms with Gasteiger partial charge in [0.2, 0.25) is 0 Å². The van der Waals surface area contributed by atoms with Crippen molar-refractivity contribution >= 4 is 98.7 Å². The van der Waals surface area contributed by atoms with Gasteiger partial charge in [0.25, 0.3) is 0 Å². The summed E-state index contributed by atoms with van der Waals surface area (Å²) in [5, 5.41) is 11.6. The van der Waals surface area contributed by atoms with Crippen LogP contribution in [0.15, 0.2) is 243 Å². The van der Waals surface area contributed by atoms with Crippen LogP contribution in [0.4, 0.5) is 0 Å². The molecule has 0 bridgehead atoms. The van der Waals surface area contributed by atoms with Crippen molar-refractivity contribution in [2.45, 2.75) is 4.32 Å². The molecule has 8 rings (SSSR count). The molecule has 0 aromatic heterocycles. The van der Waals surface area contributed by atoms with Gasteiger partial charge in [0.05, 0.1) is 72.4 Å². The molecule has 0 aliphatic heterocycles. The van der Waals surface area contributed by atoms with E-state index in [1.54, 1.807) is 0 Å². The Bertz CT molecular complexity index is 2120. The summed E-state index contributed by atoms with van der Waals surface area (Å²) in [4.78, 5) is 0. The molecule has 0 spiro atoms. The molecule has 0 saturated carbocycles. The number of hydrogen-bond donors (Lipinski definition) is 0. The standard InChI is InChI=1S/C27H26P2S2.C26H24P2.Fe/c30-27(31)29(25-17-9-3-10-18-25,26-19-11-4-12-20-26)22-21-28(23-13-5-1-6-14-23)24-15-7-2-8-16-24;1-5-13-23(14-6-1)27(24-15-7-2-8-16-24)21-22-28(25-17-9-3-10-18-25)26-19-11-4-12-20-26;/h1-20,27H,21-22H2,(H-,30,31);1-20H,21-22H2;/q;;+3/p+2. The zero-order valence-corrected chi connectivity index (χ0v) is 40.2. The third kappa shape index (κ3) is 12.2. The molecule has 0 nitrogen and oxygen atoms in total. The third-order valence-electron chi connectivity index (χ3n) is 10.9. The quantitative estimate of drug-likeness (QED) is 0.0571. The summed E-state index contributed by atoms with van der Waals surface area (Å²) in [7, 11) is -4.42. The largest absolute Gasteiger partial charge is 3.00 e. The monoisotopic (exact) mass is 932 g/mol. The maximum atomic E-state index is 5.94. The van der Waals surface area contributed by atoms with Crippen LogP contribution in [-0.2, 0) is 42.3 Å². The van der Waals surface area contributed by atoms with E-state index in [0.29, 0.717) is 0 Å². The molecular formula is C53H52FeP4S2+5. The van der Waals surface area contributed by atoms with E-state index in [4.69, 9.17) is 25.3 Å². The van der Waals surface area contributed by atoms with Crippen molar-refractivity contribution < 1.29 is 17.1 Å². The zero-order chi connectivity index (χ0) is 40.5. The first kappa shape index (κ1) is 46.2. The third-order valence-corrected chi connectivity index (χ3v) is 26.5. The summed E-state index contributed by atoms with van der Waals surface area (Å²) in [5.74, 6) is 0. The second-order valence-electron chi connectivity index (χ2n) is 14.5. The Morgan fingerprint density at radius 2 is 0.500 bits per heavy atom. The second-order valence-corrected chi connectivity index (χ2v) is 28.0. The van der Waals surface area contributed by atoms with E-state index in [9.17, 15) is 0 Å². The van der Waals surface area contributed by atoms with Gasteiger partial charge in [-0.1, -0.05) is 146 Å². The molecule has 0 fully saturated rings. The normalized spacial score (nSPS) is 11.2. The first-order valence-electron chi connectivity index (χ1n) is 20.3. The fourth-order valence-corrected chi connectivity index (χ4v) is 23.5. The minimum atomic E-state index is -1.91. The maximum Gasteiger partial charge on any atom is 3.00 e. The molecule has 0 aliphatic rings. The van der Waals surface area contributed by atoms with Crippen LogP contribution in [0.25, 0.3) is 0 Å². The van der Waals surface area contributed by atoms with E-state index in [-0.39, 0.29) is 21.4 Å².